The molecule has 0 aromatic carbocycles. The van der Waals surface area contributed by atoms with E-state index in [4.69, 9.17) is 0 Å². The van der Waals surface area contributed by atoms with Gasteiger partial charge in [0.2, 0.25) is 0 Å². The van der Waals surface area contributed by atoms with E-state index in [1.165, 1.54) is 12.8 Å². The molecule has 0 N–H and O–H groups in total. The molecule has 0 bridgehead atoms. The molecule has 1 rings (SSSR count). The number of aldehydes is 1. The SMILES string of the molecule is C[C@H]1CC[C@@H](C=O)[C@@H](C)C1. The molecule has 58 valence electrons. The minimum Gasteiger partial charge on any atom is -0.303 e. The Labute approximate surface area is 62.8 Å². The lowest BCUT2D eigenvalue weighted by Gasteiger charge is -2.28. The molecule has 0 aliphatic heterocycles. The Morgan fingerprint density at radius 3 is 2.50 bits per heavy atom. The maximum absolute atomic E-state index is 10.5. The Kier molecular flexibility index (Phi) is 2.47. The Morgan fingerprint density at radius 1 is 1.30 bits per heavy atom. The summed E-state index contributed by atoms with van der Waals surface area (Å²) in [6.07, 6.45) is 4.74. The first kappa shape index (κ1) is 7.77. The molecule has 0 unspecified atom stereocenters. The molecular weight excluding hydrogens is 124 g/mol. The van der Waals surface area contributed by atoms with Gasteiger partial charge in [0.25, 0.3) is 0 Å². The van der Waals surface area contributed by atoms with Gasteiger partial charge in [0, 0.05) is 5.92 Å². The first-order valence-electron chi connectivity index (χ1n) is 4.19. The number of hydrogen-bond donors (Lipinski definition) is 0. The number of rotatable bonds is 1. The Hall–Kier alpha value is -0.330. The molecule has 0 spiro atoms. The van der Waals surface area contributed by atoms with Crippen LogP contribution in [0.5, 0.6) is 0 Å². The van der Waals surface area contributed by atoms with Gasteiger partial charge < -0.3 is 4.79 Å². The fourth-order valence-corrected chi connectivity index (χ4v) is 1.89. The quantitative estimate of drug-likeness (QED) is 0.510. The zero-order chi connectivity index (χ0) is 7.56. The molecule has 0 radical (unpaired) electrons. The zero-order valence-corrected chi connectivity index (χ0v) is 6.84. The first-order chi connectivity index (χ1) is 4.74. The fourth-order valence-electron chi connectivity index (χ4n) is 1.89. The highest BCUT2D eigenvalue weighted by Gasteiger charge is 2.24. The Morgan fingerprint density at radius 2 is 2.00 bits per heavy atom. The summed E-state index contributed by atoms with van der Waals surface area (Å²) in [5.74, 6) is 1.82. The van der Waals surface area contributed by atoms with Crippen LogP contribution in [0.2, 0.25) is 0 Å². The average Bonchev–Trinajstić information content (AvgIpc) is 1.88. The van der Waals surface area contributed by atoms with Gasteiger partial charge in [0.1, 0.15) is 6.29 Å². The van der Waals surface area contributed by atoms with Crippen molar-refractivity contribution in [3.63, 3.8) is 0 Å². The average molecular weight is 140 g/mol. The minimum absolute atomic E-state index is 0.358. The molecule has 0 aromatic heterocycles. The van der Waals surface area contributed by atoms with Crippen molar-refractivity contribution in [2.24, 2.45) is 17.8 Å². The smallest absolute Gasteiger partial charge is 0.123 e. The van der Waals surface area contributed by atoms with E-state index in [0.29, 0.717) is 11.8 Å². The number of carbonyl (C=O) groups is 1. The Balaban J connectivity index is 2.43. The van der Waals surface area contributed by atoms with E-state index in [1.54, 1.807) is 0 Å². The number of carbonyl (C=O) groups excluding carboxylic acids is 1. The van der Waals surface area contributed by atoms with Gasteiger partial charge in [-0.3, -0.25) is 0 Å². The second kappa shape index (κ2) is 3.18. The van der Waals surface area contributed by atoms with Crippen molar-refractivity contribution in [3.8, 4) is 0 Å². The van der Waals surface area contributed by atoms with E-state index in [0.717, 1.165) is 18.6 Å². The third-order valence-corrected chi connectivity index (χ3v) is 2.67. The minimum atomic E-state index is 0.358. The summed E-state index contributed by atoms with van der Waals surface area (Å²) in [5.41, 5.74) is 0. The molecule has 0 heterocycles. The predicted molar refractivity (Wildman–Crippen MR) is 41.7 cm³/mol. The van der Waals surface area contributed by atoms with E-state index in [9.17, 15) is 4.79 Å². The third-order valence-electron chi connectivity index (χ3n) is 2.67. The highest BCUT2D eigenvalue weighted by atomic mass is 16.1. The van der Waals surface area contributed by atoms with Crippen LogP contribution in [-0.2, 0) is 4.79 Å². The van der Waals surface area contributed by atoms with E-state index < -0.39 is 0 Å². The van der Waals surface area contributed by atoms with E-state index in [2.05, 4.69) is 13.8 Å². The lowest BCUT2D eigenvalue weighted by Crippen LogP contribution is -2.22. The highest BCUT2D eigenvalue weighted by Crippen LogP contribution is 2.31. The third kappa shape index (κ3) is 1.59. The van der Waals surface area contributed by atoms with Crippen molar-refractivity contribution in [3.05, 3.63) is 0 Å². The molecule has 0 aromatic rings. The standard InChI is InChI=1S/C9H16O/c1-7-3-4-9(6-10)8(2)5-7/h6-9H,3-5H2,1-2H3/t7-,8-,9-/m0/s1. The number of hydrogen-bond acceptors (Lipinski definition) is 1. The maximum atomic E-state index is 10.5. The second-order valence-electron chi connectivity index (χ2n) is 3.70. The van der Waals surface area contributed by atoms with Crippen LogP contribution >= 0.6 is 0 Å². The molecular formula is C9H16O. The van der Waals surface area contributed by atoms with E-state index in [1.807, 2.05) is 0 Å². The lowest BCUT2D eigenvalue weighted by atomic mass is 9.76. The molecule has 1 aliphatic rings. The van der Waals surface area contributed by atoms with Crippen molar-refractivity contribution in [1.82, 2.24) is 0 Å². The van der Waals surface area contributed by atoms with Crippen LogP contribution in [0.3, 0.4) is 0 Å². The van der Waals surface area contributed by atoms with Crippen molar-refractivity contribution in [2.45, 2.75) is 33.1 Å². The molecule has 1 heteroatoms. The molecule has 0 saturated heterocycles. The summed E-state index contributed by atoms with van der Waals surface area (Å²) in [7, 11) is 0. The normalized spacial score (nSPS) is 41.2. The van der Waals surface area contributed by atoms with E-state index >= 15 is 0 Å². The Bertz CT molecular complexity index is 120. The van der Waals surface area contributed by atoms with Crippen LogP contribution in [0, 0.1) is 17.8 Å². The van der Waals surface area contributed by atoms with Crippen LogP contribution < -0.4 is 0 Å². The van der Waals surface area contributed by atoms with Crippen LogP contribution in [-0.4, -0.2) is 6.29 Å². The van der Waals surface area contributed by atoms with Gasteiger partial charge in [0.15, 0.2) is 0 Å². The maximum Gasteiger partial charge on any atom is 0.123 e. The summed E-state index contributed by atoms with van der Waals surface area (Å²) in [6, 6.07) is 0. The van der Waals surface area contributed by atoms with Gasteiger partial charge in [0.05, 0.1) is 0 Å². The summed E-state index contributed by atoms with van der Waals surface area (Å²) < 4.78 is 0. The summed E-state index contributed by atoms with van der Waals surface area (Å²) in [6.45, 7) is 4.46. The summed E-state index contributed by atoms with van der Waals surface area (Å²) in [4.78, 5) is 10.5. The van der Waals surface area contributed by atoms with Gasteiger partial charge >= 0.3 is 0 Å². The largest absolute Gasteiger partial charge is 0.303 e. The first-order valence-corrected chi connectivity index (χ1v) is 4.19. The summed E-state index contributed by atoms with van der Waals surface area (Å²) >= 11 is 0. The van der Waals surface area contributed by atoms with Gasteiger partial charge in [-0.25, -0.2) is 0 Å². The van der Waals surface area contributed by atoms with Crippen molar-refractivity contribution in [1.29, 1.82) is 0 Å². The highest BCUT2D eigenvalue weighted by molar-refractivity contribution is 5.54. The van der Waals surface area contributed by atoms with Gasteiger partial charge in [-0.1, -0.05) is 20.3 Å². The monoisotopic (exact) mass is 140 g/mol. The van der Waals surface area contributed by atoms with Crippen LogP contribution in [0.1, 0.15) is 33.1 Å². The zero-order valence-electron chi connectivity index (χ0n) is 6.84. The molecule has 3 atom stereocenters. The molecule has 1 saturated carbocycles. The van der Waals surface area contributed by atoms with Gasteiger partial charge in [-0.05, 0) is 24.7 Å². The molecule has 10 heavy (non-hydrogen) atoms. The van der Waals surface area contributed by atoms with Crippen molar-refractivity contribution < 1.29 is 4.79 Å². The second-order valence-corrected chi connectivity index (χ2v) is 3.70. The molecule has 1 aliphatic carbocycles. The molecule has 1 nitrogen and oxygen atoms in total. The summed E-state index contributed by atoms with van der Waals surface area (Å²) in [5, 5.41) is 0. The van der Waals surface area contributed by atoms with Crippen LogP contribution in [0.15, 0.2) is 0 Å². The lowest BCUT2D eigenvalue weighted by molar-refractivity contribution is -0.113. The van der Waals surface area contributed by atoms with E-state index in [-0.39, 0.29) is 0 Å². The fraction of sp³-hybridized carbons (Fsp3) is 0.889. The van der Waals surface area contributed by atoms with Gasteiger partial charge in [-0.15, -0.1) is 0 Å². The molecule has 0 amide bonds. The van der Waals surface area contributed by atoms with Crippen molar-refractivity contribution >= 4 is 6.29 Å². The van der Waals surface area contributed by atoms with Crippen LogP contribution in [0.25, 0.3) is 0 Å². The van der Waals surface area contributed by atoms with Gasteiger partial charge in [-0.2, -0.15) is 0 Å². The van der Waals surface area contributed by atoms with Crippen molar-refractivity contribution in [2.75, 3.05) is 0 Å². The predicted octanol–water partition coefficient (Wildman–Crippen LogP) is 2.26. The molecule has 1 fully saturated rings. The van der Waals surface area contributed by atoms with Crippen LogP contribution in [0.4, 0.5) is 0 Å². The topological polar surface area (TPSA) is 17.1 Å².